The van der Waals surface area contributed by atoms with Crippen molar-refractivity contribution in [1.82, 2.24) is 35.1 Å². The van der Waals surface area contributed by atoms with E-state index in [1.165, 1.54) is 6.33 Å². The number of carbonyl (C=O) groups is 1. The van der Waals surface area contributed by atoms with Gasteiger partial charge in [0.15, 0.2) is 11.5 Å². The molecule has 0 aliphatic heterocycles. The Morgan fingerprint density at radius 1 is 1.14 bits per heavy atom. The number of hydrogen-bond acceptors (Lipinski definition) is 9. The molecule has 6 rings (SSSR count). The van der Waals surface area contributed by atoms with E-state index in [1.54, 1.807) is 6.33 Å². The second-order valence-corrected chi connectivity index (χ2v) is 11.9. The van der Waals surface area contributed by atoms with Gasteiger partial charge in [-0.3, -0.25) is 19.2 Å². The molecule has 0 radical (unpaired) electrons. The standard InChI is InChI=1S/C29H31N8O5P/c30-27-26-28(33-17-32-27)37(18-34-26)22-11-10-20(12-22)16-42-43(39,40)36-29(38)25(35-41-15-19-6-2-1-3-7-19)13-21-14-31-24-9-5-4-8-23(21)24/h1-11,14,17-18,20,22,25,31,35H,12-13,15-16H2,(H2,30,32,33)(H2,36,38,39,40)/t20-,22+,25+/m0/s1. The number of para-hydroxylation sites is 1. The van der Waals surface area contributed by atoms with Crippen LogP contribution in [0.25, 0.3) is 22.1 Å². The molecular formula is C29H31N8O5P. The molecule has 0 bridgehead atoms. The molecule has 1 amide bonds. The summed E-state index contributed by atoms with van der Waals surface area (Å²) in [6, 6.07) is 16.1. The number of amides is 1. The van der Waals surface area contributed by atoms with Gasteiger partial charge in [-0.25, -0.2) is 19.5 Å². The van der Waals surface area contributed by atoms with Gasteiger partial charge in [0.1, 0.15) is 17.9 Å². The third kappa shape index (κ3) is 6.66. The number of rotatable bonds is 12. The first-order valence-electron chi connectivity index (χ1n) is 13.7. The third-order valence-electron chi connectivity index (χ3n) is 7.33. The zero-order valence-corrected chi connectivity index (χ0v) is 23.9. The Balaban J connectivity index is 1.08. The minimum absolute atomic E-state index is 0.0736. The highest BCUT2D eigenvalue weighted by Crippen LogP contribution is 2.40. The van der Waals surface area contributed by atoms with Crippen LogP contribution in [0.5, 0.6) is 0 Å². The zero-order chi connectivity index (χ0) is 29.8. The van der Waals surface area contributed by atoms with Crippen LogP contribution in [0.4, 0.5) is 5.82 Å². The second kappa shape index (κ2) is 12.5. The summed E-state index contributed by atoms with van der Waals surface area (Å²) in [5.74, 6) is -0.606. The van der Waals surface area contributed by atoms with Gasteiger partial charge in [0, 0.05) is 29.4 Å². The van der Waals surface area contributed by atoms with Crippen LogP contribution in [0, 0.1) is 5.92 Å². The monoisotopic (exact) mass is 602 g/mol. The predicted octanol–water partition coefficient (Wildman–Crippen LogP) is 3.57. The Morgan fingerprint density at radius 2 is 1.95 bits per heavy atom. The van der Waals surface area contributed by atoms with Gasteiger partial charge in [-0.05, 0) is 23.6 Å². The topological polar surface area (TPSA) is 182 Å². The lowest BCUT2D eigenvalue weighted by Gasteiger charge is -2.21. The van der Waals surface area contributed by atoms with Crippen LogP contribution in [-0.2, 0) is 31.7 Å². The molecule has 1 aliphatic carbocycles. The molecule has 43 heavy (non-hydrogen) atoms. The third-order valence-corrected chi connectivity index (χ3v) is 8.33. The quantitative estimate of drug-likeness (QED) is 0.0804. The number of benzene rings is 2. The summed E-state index contributed by atoms with van der Waals surface area (Å²) in [5.41, 5.74) is 12.5. The Kier molecular flexibility index (Phi) is 8.32. The van der Waals surface area contributed by atoms with Crippen molar-refractivity contribution in [2.24, 2.45) is 5.92 Å². The molecule has 0 spiro atoms. The van der Waals surface area contributed by atoms with Gasteiger partial charge >= 0.3 is 7.75 Å². The van der Waals surface area contributed by atoms with E-state index in [-0.39, 0.29) is 31.6 Å². The van der Waals surface area contributed by atoms with Crippen molar-refractivity contribution in [2.45, 2.75) is 31.5 Å². The highest BCUT2D eigenvalue weighted by molar-refractivity contribution is 7.51. The largest absolute Gasteiger partial charge is 0.432 e. The lowest BCUT2D eigenvalue weighted by atomic mass is 10.1. The van der Waals surface area contributed by atoms with Crippen molar-refractivity contribution in [3.05, 3.63) is 96.7 Å². The zero-order valence-electron chi connectivity index (χ0n) is 23.0. The van der Waals surface area contributed by atoms with Crippen molar-refractivity contribution in [3.8, 4) is 0 Å². The number of allylic oxidation sites excluding steroid dienone is 1. The van der Waals surface area contributed by atoms with E-state index >= 15 is 0 Å². The molecule has 5 aromatic rings. The van der Waals surface area contributed by atoms with E-state index in [2.05, 4.69) is 30.5 Å². The van der Waals surface area contributed by atoms with E-state index < -0.39 is 19.7 Å². The number of imidazole rings is 1. The van der Waals surface area contributed by atoms with Gasteiger partial charge in [0.2, 0.25) is 5.91 Å². The maximum Gasteiger partial charge on any atom is 0.432 e. The fourth-order valence-corrected chi connectivity index (χ4v) is 6.04. The Morgan fingerprint density at radius 3 is 2.81 bits per heavy atom. The molecule has 3 heterocycles. The average Bonchev–Trinajstić information content (AvgIpc) is 3.75. The summed E-state index contributed by atoms with van der Waals surface area (Å²) < 4.78 is 20.2. The number of aromatic amines is 1. The molecule has 3 aromatic heterocycles. The lowest BCUT2D eigenvalue weighted by molar-refractivity contribution is -0.126. The van der Waals surface area contributed by atoms with Crippen LogP contribution in [0.15, 0.2) is 85.6 Å². The fraction of sp³-hybridized carbons (Fsp3) is 0.241. The van der Waals surface area contributed by atoms with Crippen LogP contribution in [0.3, 0.4) is 0 Å². The first kappa shape index (κ1) is 28.7. The van der Waals surface area contributed by atoms with E-state index in [1.807, 2.05) is 77.5 Å². The van der Waals surface area contributed by atoms with Crippen molar-refractivity contribution >= 4 is 41.5 Å². The summed E-state index contributed by atoms with van der Waals surface area (Å²) in [5, 5.41) is 3.13. The van der Waals surface area contributed by atoms with Gasteiger partial charge in [-0.15, -0.1) is 0 Å². The number of fused-ring (bicyclic) bond motifs is 2. The molecule has 1 unspecified atom stereocenters. The minimum Gasteiger partial charge on any atom is -0.382 e. The van der Waals surface area contributed by atoms with E-state index in [0.29, 0.717) is 23.4 Å². The van der Waals surface area contributed by atoms with Gasteiger partial charge in [0.25, 0.3) is 0 Å². The van der Waals surface area contributed by atoms with E-state index in [4.69, 9.17) is 15.1 Å². The summed E-state index contributed by atoms with van der Waals surface area (Å²) in [6.45, 7) is 0.127. The number of nitrogens with zero attached hydrogens (tertiary/aromatic N) is 4. The van der Waals surface area contributed by atoms with E-state index in [0.717, 1.165) is 22.0 Å². The lowest BCUT2D eigenvalue weighted by Crippen LogP contribution is -2.44. The number of nitrogens with two attached hydrogens (primary N) is 1. The van der Waals surface area contributed by atoms with Crippen LogP contribution in [0.2, 0.25) is 0 Å². The molecule has 14 heteroatoms. The molecular weight excluding hydrogens is 571 g/mol. The molecule has 222 valence electrons. The molecule has 1 aliphatic rings. The van der Waals surface area contributed by atoms with Crippen LogP contribution >= 0.6 is 7.75 Å². The Hall–Kier alpha value is -4.39. The first-order valence-corrected chi connectivity index (χ1v) is 15.3. The average molecular weight is 603 g/mol. The smallest absolute Gasteiger partial charge is 0.382 e. The van der Waals surface area contributed by atoms with Gasteiger partial charge in [-0.1, -0.05) is 60.7 Å². The van der Waals surface area contributed by atoms with Crippen molar-refractivity contribution in [1.29, 1.82) is 0 Å². The number of anilines is 1. The number of H-pyrrole nitrogens is 1. The number of nitrogens with one attached hydrogen (secondary N) is 3. The summed E-state index contributed by atoms with van der Waals surface area (Å²) in [4.78, 5) is 45.2. The predicted molar refractivity (Wildman–Crippen MR) is 160 cm³/mol. The molecule has 0 fully saturated rings. The number of aromatic nitrogens is 5. The molecule has 13 nitrogen and oxygen atoms in total. The summed E-state index contributed by atoms with van der Waals surface area (Å²) in [7, 11) is -4.50. The van der Waals surface area contributed by atoms with Crippen molar-refractivity contribution < 1.29 is 23.6 Å². The highest BCUT2D eigenvalue weighted by Gasteiger charge is 2.31. The van der Waals surface area contributed by atoms with Crippen molar-refractivity contribution in [3.63, 3.8) is 0 Å². The van der Waals surface area contributed by atoms with Crippen molar-refractivity contribution in [2.75, 3.05) is 12.3 Å². The van der Waals surface area contributed by atoms with E-state index in [9.17, 15) is 14.3 Å². The van der Waals surface area contributed by atoms with Crippen LogP contribution in [-0.4, -0.2) is 48.0 Å². The molecule has 0 saturated carbocycles. The Labute approximate surface area is 246 Å². The number of nitrogen functional groups attached to an aromatic ring is 1. The highest BCUT2D eigenvalue weighted by atomic mass is 31.2. The van der Waals surface area contributed by atoms with Gasteiger partial charge in [-0.2, -0.15) is 5.48 Å². The van der Waals surface area contributed by atoms with Crippen LogP contribution < -0.4 is 16.3 Å². The maximum absolute atomic E-state index is 13.3. The molecule has 4 atom stereocenters. The Bertz CT molecular complexity index is 1810. The summed E-state index contributed by atoms with van der Waals surface area (Å²) in [6.07, 6.45) is 9.48. The summed E-state index contributed by atoms with van der Waals surface area (Å²) >= 11 is 0. The molecule has 2 aromatic carbocycles. The SMILES string of the molecule is Nc1ncnc2c1ncn2[C@@H]1C=C[C@H](COP(=O)(O)NC(=O)[C@@H](Cc2c[nH]c3ccccc23)NOCc2ccccc2)C1. The number of hydrogen-bond donors (Lipinski definition) is 5. The van der Waals surface area contributed by atoms with Crippen LogP contribution in [0.1, 0.15) is 23.6 Å². The van der Waals surface area contributed by atoms with Gasteiger partial charge in [0.05, 0.1) is 25.6 Å². The fourth-order valence-electron chi connectivity index (χ4n) is 5.15. The van der Waals surface area contributed by atoms with Gasteiger partial charge < -0.3 is 20.2 Å². The second-order valence-electron chi connectivity index (χ2n) is 10.3. The number of carbonyl (C=O) groups excluding carboxylic acids is 1. The molecule has 6 N–H and O–H groups in total. The maximum atomic E-state index is 13.3. The first-order chi connectivity index (χ1) is 20.9. The normalized spacial score (nSPS) is 18.6. The molecule has 0 saturated heterocycles. The minimum atomic E-state index is -4.50. The number of hydroxylamine groups is 1.